The SMILES string of the molecule is Cc1cc(C)cc(-c2ccc(N)nn2)c1. The summed E-state index contributed by atoms with van der Waals surface area (Å²) in [6, 6.07) is 9.96. The molecule has 0 aliphatic heterocycles. The molecule has 2 N–H and O–H groups in total. The largest absolute Gasteiger partial charge is 0.382 e. The van der Waals surface area contributed by atoms with E-state index < -0.39 is 0 Å². The lowest BCUT2D eigenvalue weighted by Crippen LogP contribution is -1.94. The number of hydrogen-bond donors (Lipinski definition) is 1. The number of anilines is 1. The minimum absolute atomic E-state index is 0.447. The molecule has 0 amide bonds. The topological polar surface area (TPSA) is 51.8 Å². The molecule has 0 spiro atoms. The number of hydrogen-bond acceptors (Lipinski definition) is 3. The zero-order valence-electron chi connectivity index (χ0n) is 8.86. The lowest BCUT2D eigenvalue weighted by Gasteiger charge is -2.03. The average molecular weight is 199 g/mol. The number of rotatable bonds is 1. The van der Waals surface area contributed by atoms with Crippen molar-refractivity contribution in [2.24, 2.45) is 0 Å². The van der Waals surface area contributed by atoms with Crippen molar-refractivity contribution in [2.75, 3.05) is 5.73 Å². The molecule has 1 heterocycles. The fourth-order valence-electron chi connectivity index (χ4n) is 1.62. The van der Waals surface area contributed by atoms with Crippen molar-refractivity contribution >= 4 is 5.82 Å². The highest BCUT2D eigenvalue weighted by Crippen LogP contribution is 2.19. The summed E-state index contributed by atoms with van der Waals surface area (Å²) in [4.78, 5) is 0. The van der Waals surface area contributed by atoms with Gasteiger partial charge in [-0.25, -0.2) is 0 Å². The Kier molecular flexibility index (Phi) is 2.37. The van der Waals surface area contributed by atoms with Crippen molar-refractivity contribution in [2.45, 2.75) is 13.8 Å². The first-order valence-electron chi connectivity index (χ1n) is 4.83. The van der Waals surface area contributed by atoms with Crippen LogP contribution < -0.4 is 5.73 Å². The maximum absolute atomic E-state index is 5.49. The van der Waals surface area contributed by atoms with Gasteiger partial charge in [0.15, 0.2) is 0 Å². The van der Waals surface area contributed by atoms with Gasteiger partial charge in [-0.1, -0.05) is 17.2 Å². The van der Waals surface area contributed by atoms with Crippen molar-refractivity contribution in [1.29, 1.82) is 0 Å². The van der Waals surface area contributed by atoms with Crippen molar-refractivity contribution in [3.05, 3.63) is 41.5 Å². The van der Waals surface area contributed by atoms with Crippen LogP contribution in [0.5, 0.6) is 0 Å². The Hall–Kier alpha value is -1.90. The highest BCUT2D eigenvalue weighted by molar-refractivity contribution is 5.61. The minimum atomic E-state index is 0.447. The zero-order valence-corrected chi connectivity index (χ0v) is 8.86. The molecule has 2 rings (SSSR count). The summed E-state index contributed by atoms with van der Waals surface area (Å²) in [5.41, 5.74) is 9.88. The van der Waals surface area contributed by atoms with Gasteiger partial charge in [-0.3, -0.25) is 0 Å². The van der Waals surface area contributed by atoms with E-state index in [2.05, 4.69) is 42.2 Å². The number of nitrogens with zero attached hydrogens (tertiary/aromatic N) is 2. The summed E-state index contributed by atoms with van der Waals surface area (Å²) in [6.07, 6.45) is 0. The standard InChI is InChI=1S/C12H13N3/c1-8-5-9(2)7-10(6-8)11-3-4-12(13)15-14-11/h3-7H,1-2H3,(H2,13,15). The first kappa shape index (κ1) is 9.65. The molecule has 0 aliphatic carbocycles. The van der Waals surface area contributed by atoms with Gasteiger partial charge in [0.05, 0.1) is 5.69 Å². The van der Waals surface area contributed by atoms with Gasteiger partial charge in [0.1, 0.15) is 5.82 Å². The molecule has 0 saturated carbocycles. The van der Waals surface area contributed by atoms with Gasteiger partial charge in [0.25, 0.3) is 0 Å². The van der Waals surface area contributed by atoms with Crippen LogP contribution in [0.4, 0.5) is 5.82 Å². The lowest BCUT2D eigenvalue weighted by atomic mass is 10.1. The molecule has 0 fully saturated rings. The molecular formula is C12H13N3. The van der Waals surface area contributed by atoms with Crippen LogP contribution in [-0.4, -0.2) is 10.2 Å². The van der Waals surface area contributed by atoms with Crippen LogP contribution in [0.3, 0.4) is 0 Å². The summed E-state index contributed by atoms with van der Waals surface area (Å²) in [6.45, 7) is 4.14. The predicted octanol–water partition coefficient (Wildman–Crippen LogP) is 2.34. The van der Waals surface area contributed by atoms with Crippen LogP contribution in [0, 0.1) is 13.8 Å². The Morgan fingerprint density at radius 1 is 0.933 bits per heavy atom. The van der Waals surface area contributed by atoms with Gasteiger partial charge in [0.2, 0.25) is 0 Å². The predicted molar refractivity (Wildman–Crippen MR) is 61.4 cm³/mol. The van der Waals surface area contributed by atoms with Crippen LogP contribution >= 0.6 is 0 Å². The van der Waals surface area contributed by atoms with E-state index >= 15 is 0 Å². The second-order valence-electron chi connectivity index (χ2n) is 3.72. The molecule has 0 saturated heterocycles. The highest BCUT2D eigenvalue weighted by Gasteiger charge is 2.01. The number of nitrogens with two attached hydrogens (primary N) is 1. The number of aromatic nitrogens is 2. The maximum atomic E-state index is 5.49. The first-order valence-corrected chi connectivity index (χ1v) is 4.83. The van der Waals surface area contributed by atoms with Gasteiger partial charge in [-0.2, -0.15) is 0 Å². The quantitative estimate of drug-likeness (QED) is 0.767. The number of benzene rings is 1. The molecule has 1 aromatic heterocycles. The molecule has 0 unspecified atom stereocenters. The molecule has 3 heteroatoms. The summed E-state index contributed by atoms with van der Waals surface area (Å²) in [5.74, 6) is 0.447. The minimum Gasteiger partial charge on any atom is -0.382 e. The van der Waals surface area contributed by atoms with Crippen molar-refractivity contribution in [3.63, 3.8) is 0 Å². The van der Waals surface area contributed by atoms with E-state index in [0.717, 1.165) is 11.3 Å². The van der Waals surface area contributed by atoms with Crippen LogP contribution in [0.25, 0.3) is 11.3 Å². The average Bonchev–Trinajstić information content (AvgIpc) is 2.17. The highest BCUT2D eigenvalue weighted by atomic mass is 15.1. The summed E-state index contributed by atoms with van der Waals surface area (Å²) in [7, 11) is 0. The fraction of sp³-hybridized carbons (Fsp3) is 0.167. The third kappa shape index (κ3) is 2.13. The molecule has 15 heavy (non-hydrogen) atoms. The second-order valence-corrected chi connectivity index (χ2v) is 3.72. The molecule has 0 atom stereocenters. The van der Waals surface area contributed by atoms with Crippen molar-refractivity contribution < 1.29 is 0 Å². The van der Waals surface area contributed by atoms with E-state index in [-0.39, 0.29) is 0 Å². The van der Waals surface area contributed by atoms with E-state index in [1.54, 1.807) is 6.07 Å². The van der Waals surface area contributed by atoms with E-state index in [9.17, 15) is 0 Å². The maximum Gasteiger partial charge on any atom is 0.146 e. The monoisotopic (exact) mass is 199 g/mol. The van der Waals surface area contributed by atoms with Crippen LogP contribution in [0.1, 0.15) is 11.1 Å². The van der Waals surface area contributed by atoms with Crippen LogP contribution in [0.15, 0.2) is 30.3 Å². The Balaban J connectivity index is 2.49. The Morgan fingerprint density at radius 2 is 1.60 bits per heavy atom. The fourth-order valence-corrected chi connectivity index (χ4v) is 1.62. The Morgan fingerprint density at radius 3 is 2.13 bits per heavy atom. The van der Waals surface area contributed by atoms with Gasteiger partial charge in [-0.15, -0.1) is 10.2 Å². The summed E-state index contributed by atoms with van der Waals surface area (Å²) >= 11 is 0. The van der Waals surface area contributed by atoms with Crippen molar-refractivity contribution in [3.8, 4) is 11.3 Å². The van der Waals surface area contributed by atoms with E-state index in [1.165, 1.54) is 11.1 Å². The smallest absolute Gasteiger partial charge is 0.146 e. The molecule has 0 aliphatic rings. The van der Waals surface area contributed by atoms with Gasteiger partial charge >= 0.3 is 0 Å². The molecule has 3 nitrogen and oxygen atoms in total. The third-order valence-electron chi connectivity index (χ3n) is 2.20. The van der Waals surface area contributed by atoms with Crippen molar-refractivity contribution in [1.82, 2.24) is 10.2 Å². The second kappa shape index (κ2) is 3.69. The number of aryl methyl sites for hydroxylation is 2. The Bertz CT molecular complexity index is 454. The van der Waals surface area contributed by atoms with Crippen LogP contribution in [-0.2, 0) is 0 Å². The van der Waals surface area contributed by atoms with Gasteiger partial charge < -0.3 is 5.73 Å². The lowest BCUT2D eigenvalue weighted by molar-refractivity contribution is 1.05. The van der Waals surface area contributed by atoms with E-state index in [1.807, 2.05) is 6.07 Å². The first-order chi connectivity index (χ1) is 7.15. The zero-order chi connectivity index (χ0) is 10.8. The normalized spacial score (nSPS) is 10.3. The molecule has 76 valence electrons. The molecule has 1 aromatic carbocycles. The van der Waals surface area contributed by atoms with E-state index in [4.69, 9.17) is 5.73 Å². The number of nitrogen functional groups attached to an aromatic ring is 1. The molecular weight excluding hydrogens is 186 g/mol. The summed E-state index contributed by atoms with van der Waals surface area (Å²) < 4.78 is 0. The molecule has 0 bridgehead atoms. The summed E-state index contributed by atoms with van der Waals surface area (Å²) in [5, 5.41) is 7.90. The van der Waals surface area contributed by atoms with Gasteiger partial charge in [-0.05, 0) is 38.1 Å². The molecule has 0 radical (unpaired) electrons. The Labute approximate surface area is 89.0 Å². The third-order valence-corrected chi connectivity index (χ3v) is 2.20. The van der Waals surface area contributed by atoms with Gasteiger partial charge in [0, 0.05) is 5.56 Å². The molecule has 2 aromatic rings. The van der Waals surface area contributed by atoms with E-state index in [0.29, 0.717) is 5.82 Å². The van der Waals surface area contributed by atoms with Crippen LogP contribution in [0.2, 0.25) is 0 Å².